The molecule has 0 bridgehead atoms. The zero-order valence-corrected chi connectivity index (χ0v) is 19.2. The molecular formula is C26H44O3. The second-order valence-electron chi connectivity index (χ2n) is 11.2. The maximum absolute atomic E-state index is 10.0. The van der Waals surface area contributed by atoms with Gasteiger partial charge in [-0.15, -0.1) is 0 Å². The molecular weight excluding hydrogens is 360 g/mol. The van der Waals surface area contributed by atoms with Gasteiger partial charge in [0.1, 0.15) is 0 Å². The third kappa shape index (κ3) is 5.54. The van der Waals surface area contributed by atoms with E-state index in [4.69, 9.17) is 0 Å². The monoisotopic (exact) mass is 404 g/mol. The summed E-state index contributed by atoms with van der Waals surface area (Å²) in [5, 5.41) is 29.7. The number of aliphatic hydroxyl groups is 3. The van der Waals surface area contributed by atoms with Crippen LogP contribution in [-0.4, -0.2) is 33.1 Å². The van der Waals surface area contributed by atoms with E-state index in [1.54, 1.807) is 5.57 Å². The largest absolute Gasteiger partial charge is 0.390 e. The van der Waals surface area contributed by atoms with E-state index in [-0.39, 0.29) is 0 Å². The van der Waals surface area contributed by atoms with Crippen molar-refractivity contribution in [1.82, 2.24) is 0 Å². The summed E-state index contributed by atoms with van der Waals surface area (Å²) in [6.07, 6.45) is 15.4. The summed E-state index contributed by atoms with van der Waals surface area (Å²) in [4.78, 5) is 0. The van der Waals surface area contributed by atoms with E-state index in [0.717, 1.165) is 31.1 Å². The summed E-state index contributed by atoms with van der Waals surface area (Å²) < 4.78 is 0. The van der Waals surface area contributed by atoms with Crippen LogP contribution in [0.4, 0.5) is 0 Å². The number of hydrogen-bond acceptors (Lipinski definition) is 3. The topological polar surface area (TPSA) is 60.7 Å². The van der Waals surface area contributed by atoms with Gasteiger partial charge in [0.15, 0.2) is 0 Å². The molecule has 3 saturated carbocycles. The molecule has 0 saturated heterocycles. The molecule has 0 aromatic carbocycles. The second kappa shape index (κ2) is 9.24. The third-order valence-corrected chi connectivity index (χ3v) is 8.38. The Bertz CT molecular complexity index is 614. The Morgan fingerprint density at radius 1 is 1.10 bits per heavy atom. The SMILES string of the molecule is C[C@H](CCCC(C)(C)O)[C@H]1CC[C@H]2/C(=C/C=C3\CC[C@@H](O)[C@H](O)C3)CCC[C@]12C. The molecule has 0 aliphatic heterocycles. The van der Waals surface area contributed by atoms with Gasteiger partial charge in [-0.3, -0.25) is 0 Å². The van der Waals surface area contributed by atoms with Gasteiger partial charge in [0.05, 0.1) is 17.8 Å². The molecule has 6 atom stereocenters. The highest BCUT2D eigenvalue weighted by Crippen LogP contribution is 2.59. The fourth-order valence-electron chi connectivity index (χ4n) is 6.68. The zero-order valence-electron chi connectivity index (χ0n) is 19.2. The Labute approximate surface area is 178 Å². The minimum atomic E-state index is -0.592. The molecule has 0 amide bonds. The number of hydrogen-bond donors (Lipinski definition) is 3. The molecule has 166 valence electrons. The minimum Gasteiger partial charge on any atom is -0.390 e. The molecule has 0 aromatic rings. The van der Waals surface area contributed by atoms with Crippen LogP contribution in [0.3, 0.4) is 0 Å². The Morgan fingerprint density at radius 3 is 2.55 bits per heavy atom. The fourth-order valence-corrected chi connectivity index (χ4v) is 6.68. The first-order valence-electron chi connectivity index (χ1n) is 12.1. The zero-order chi connectivity index (χ0) is 21.2. The van der Waals surface area contributed by atoms with Crippen LogP contribution >= 0.6 is 0 Å². The lowest BCUT2D eigenvalue weighted by Crippen LogP contribution is -2.36. The Morgan fingerprint density at radius 2 is 1.86 bits per heavy atom. The molecule has 0 radical (unpaired) electrons. The Balaban J connectivity index is 1.65. The first kappa shape index (κ1) is 23.0. The van der Waals surface area contributed by atoms with Gasteiger partial charge in [-0.1, -0.05) is 50.0 Å². The molecule has 3 aliphatic carbocycles. The van der Waals surface area contributed by atoms with Crippen LogP contribution in [0.25, 0.3) is 0 Å². The van der Waals surface area contributed by atoms with Crippen molar-refractivity contribution in [2.45, 2.75) is 116 Å². The minimum absolute atomic E-state index is 0.416. The normalized spacial score (nSPS) is 39.7. The van der Waals surface area contributed by atoms with Gasteiger partial charge in [-0.25, -0.2) is 0 Å². The molecule has 3 aliphatic rings. The molecule has 0 heterocycles. The standard InChI is InChI=1S/C26H44O3/c1-18(7-5-15-25(2,3)29)21-12-13-22-20(8-6-16-26(21,22)4)11-9-19-10-14-23(27)24(28)17-19/h9,11,18,21-24,27-29H,5-8,10,12-17H2,1-4H3/b19-9+,20-11+/t18-,21-,22+,23-,24-,26-/m1/s1. The molecule has 3 N–H and O–H groups in total. The molecule has 3 nitrogen and oxygen atoms in total. The van der Waals surface area contributed by atoms with E-state index >= 15 is 0 Å². The van der Waals surface area contributed by atoms with Crippen molar-refractivity contribution in [3.8, 4) is 0 Å². The quantitative estimate of drug-likeness (QED) is 0.545. The van der Waals surface area contributed by atoms with E-state index < -0.39 is 17.8 Å². The first-order valence-corrected chi connectivity index (χ1v) is 12.1. The predicted molar refractivity (Wildman–Crippen MR) is 120 cm³/mol. The summed E-state index contributed by atoms with van der Waals surface area (Å²) in [5.41, 5.74) is 2.79. The van der Waals surface area contributed by atoms with Crippen molar-refractivity contribution in [2.24, 2.45) is 23.2 Å². The van der Waals surface area contributed by atoms with Crippen molar-refractivity contribution in [1.29, 1.82) is 0 Å². The molecule has 3 fully saturated rings. The first-order chi connectivity index (χ1) is 13.6. The van der Waals surface area contributed by atoms with Crippen LogP contribution in [-0.2, 0) is 0 Å². The predicted octanol–water partition coefficient (Wildman–Crippen LogP) is 5.54. The van der Waals surface area contributed by atoms with E-state index in [0.29, 0.717) is 24.2 Å². The van der Waals surface area contributed by atoms with E-state index in [2.05, 4.69) is 26.0 Å². The average Bonchev–Trinajstić information content (AvgIpc) is 2.99. The van der Waals surface area contributed by atoms with E-state index in [1.165, 1.54) is 44.1 Å². The molecule has 0 aromatic heterocycles. The molecule has 0 spiro atoms. The fraction of sp³-hybridized carbons (Fsp3) is 0.846. The molecule has 3 rings (SSSR count). The van der Waals surface area contributed by atoms with Crippen molar-refractivity contribution in [2.75, 3.05) is 0 Å². The lowest BCUT2D eigenvalue weighted by Gasteiger charge is -2.44. The summed E-state index contributed by atoms with van der Waals surface area (Å²) in [7, 11) is 0. The van der Waals surface area contributed by atoms with Gasteiger partial charge in [0.2, 0.25) is 0 Å². The van der Waals surface area contributed by atoms with Crippen LogP contribution < -0.4 is 0 Å². The van der Waals surface area contributed by atoms with Gasteiger partial charge < -0.3 is 15.3 Å². The van der Waals surface area contributed by atoms with Gasteiger partial charge in [0, 0.05) is 0 Å². The summed E-state index contributed by atoms with van der Waals surface area (Å²) >= 11 is 0. The van der Waals surface area contributed by atoms with Crippen LogP contribution in [0.1, 0.15) is 98.3 Å². The number of fused-ring (bicyclic) bond motifs is 1. The van der Waals surface area contributed by atoms with Gasteiger partial charge in [-0.05, 0) is 94.8 Å². The number of allylic oxidation sites excluding steroid dienone is 3. The lowest BCUT2D eigenvalue weighted by molar-refractivity contribution is 0.00411. The Kier molecular flexibility index (Phi) is 7.34. The van der Waals surface area contributed by atoms with Crippen molar-refractivity contribution in [3.63, 3.8) is 0 Å². The summed E-state index contributed by atoms with van der Waals surface area (Å²) in [6.45, 7) is 8.83. The Hall–Kier alpha value is -0.640. The highest BCUT2D eigenvalue weighted by Gasteiger charge is 2.50. The van der Waals surface area contributed by atoms with E-state index in [1.807, 2.05) is 13.8 Å². The second-order valence-corrected chi connectivity index (χ2v) is 11.2. The van der Waals surface area contributed by atoms with Crippen LogP contribution in [0.2, 0.25) is 0 Å². The van der Waals surface area contributed by atoms with Crippen molar-refractivity contribution < 1.29 is 15.3 Å². The maximum Gasteiger partial charge on any atom is 0.0836 e. The smallest absolute Gasteiger partial charge is 0.0836 e. The molecule has 3 heteroatoms. The van der Waals surface area contributed by atoms with Crippen LogP contribution in [0.5, 0.6) is 0 Å². The lowest BCUT2D eigenvalue weighted by atomic mass is 9.60. The highest BCUT2D eigenvalue weighted by molar-refractivity contribution is 5.26. The molecule has 0 unspecified atom stereocenters. The molecule has 29 heavy (non-hydrogen) atoms. The summed E-state index contributed by atoms with van der Waals surface area (Å²) in [5.74, 6) is 2.21. The highest BCUT2D eigenvalue weighted by atomic mass is 16.3. The summed E-state index contributed by atoms with van der Waals surface area (Å²) in [6, 6.07) is 0. The number of aliphatic hydroxyl groups excluding tert-OH is 2. The van der Waals surface area contributed by atoms with Crippen LogP contribution in [0, 0.1) is 23.2 Å². The van der Waals surface area contributed by atoms with Gasteiger partial charge in [-0.2, -0.15) is 0 Å². The van der Waals surface area contributed by atoms with E-state index in [9.17, 15) is 15.3 Å². The van der Waals surface area contributed by atoms with Gasteiger partial charge in [0.25, 0.3) is 0 Å². The number of rotatable bonds is 6. The average molecular weight is 405 g/mol. The van der Waals surface area contributed by atoms with Crippen molar-refractivity contribution in [3.05, 3.63) is 23.3 Å². The van der Waals surface area contributed by atoms with Crippen molar-refractivity contribution >= 4 is 0 Å². The third-order valence-electron chi connectivity index (χ3n) is 8.38. The van der Waals surface area contributed by atoms with Gasteiger partial charge >= 0.3 is 0 Å². The van der Waals surface area contributed by atoms with Crippen LogP contribution in [0.15, 0.2) is 23.3 Å². The maximum atomic E-state index is 10.0.